The van der Waals surface area contributed by atoms with Crippen molar-refractivity contribution in [3.8, 4) is 0 Å². The van der Waals surface area contributed by atoms with Gasteiger partial charge in [0.2, 0.25) is 5.91 Å². The molecule has 0 spiro atoms. The van der Waals surface area contributed by atoms with E-state index >= 15 is 0 Å². The molecule has 0 aliphatic heterocycles. The van der Waals surface area contributed by atoms with Gasteiger partial charge in [0.05, 0.1) is 12.0 Å². The highest BCUT2D eigenvalue weighted by Crippen LogP contribution is 2.16. The lowest BCUT2D eigenvalue weighted by Crippen LogP contribution is -2.37. The summed E-state index contributed by atoms with van der Waals surface area (Å²) >= 11 is 0. The summed E-state index contributed by atoms with van der Waals surface area (Å²) < 4.78 is 0. The fourth-order valence-corrected chi connectivity index (χ4v) is 2.02. The van der Waals surface area contributed by atoms with Gasteiger partial charge in [-0.1, -0.05) is 51.5 Å². The molecule has 3 nitrogen and oxygen atoms in total. The molecule has 20 heavy (non-hydrogen) atoms. The number of aliphatic hydroxyl groups excluding tert-OH is 1. The topological polar surface area (TPSA) is 49.3 Å². The third kappa shape index (κ3) is 4.64. The van der Waals surface area contributed by atoms with Crippen molar-refractivity contribution < 1.29 is 9.90 Å². The van der Waals surface area contributed by atoms with E-state index in [4.69, 9.17) is 0 Å². The predicted octanol–water partition coefficient (Wildman–Crippen LogP) is 2.88. The normalized spacial score (nSPS) is 15.4. The Morgan fingerprint density at radius 1 is 1.20 bits per heavy atom. The van der Waals surface area contributed by atoms with Crippen LogP contribution in [0.15, 0.2) is 24.3 Å². The molecule has 0 bridgehead atoms. The van der Waals surface area contributed by atoms with Crippen LogP contribution in [-0.2, 0) is 11.2 Å². The summed E-state index contributed by atoms with van der Waals surface area (Å²) in [7, 11) is 0. The van der Waals surface area contributed by atoms with Crippen LogP contribution in [0.4, 0.5) is 0 Å². The van der Waals surface area contributed by atoms with Crippen molar-refractivity contribution in [2.45, 2.75) is 52.6 Å². The molecule has 0 aliphatic rings. The van der Waals surface area contributed by atoms with E-state index in [1.54, 1.807) is 0 Å². The smallest absolute Gasteiger partial charge is 0.227 e. The van der Waals surface area contributed by atoms with Gasteiger partial charge in [0.15, 0.2) is 0 Å². The molecular formula is C17H27NO2. The number of hydrogen-bond donors (Lipinski definition) is 2. The Labute approximate surface area is 122 Å². The molecule has 0 saturated heterocycles. The second-order valence-corrected chi connectivity index (χ2v) is 5.51. The molecule has 3 heteroatoms. The van der Waals surface area contributed by atoms with Crippen LogP contribution in [0.1, 0.15) is 51.2 Å². The predicted molar refractivity (Wildman–Crippen MR) is 82.7 cm³/mol. The number of nitrogens with one attached hydrogen (secondary N) is 1. The molecule has 0 aromatic heterocycles. The highest BCUT2D eigenvalue weighted by atomic mass is 16.3. The Kier molecular flexibility index (Phi) is 6.73. The fraction of sp³-hybridized carbons (Fsp3) is 0.588. The molecule has 1 rings (SSSR count). The van der Waals surface area contributed by atoms with Gasteiger partial charge in [-0.3, -0.25) is 4.79 Å². The van der Waals surface area contributed by atoms with Crippen LogP contribution in [0.2, 0.25) is 0 Å². The SMILES string of the molecule is CCc1ccc(C(C)C(=O)NCC(O)C(C)CC)cc1. The maximum Gasteiger partial charge on any atom is 0.227 e. The quantitative estimate of drug-likeness (QED) is 0.805. The zero-order chi connectivity index (χ0) is 15.1. The molecule has 1 aromatic carbocycles. The summed E-state index contributed by atoms with van der Waals surface area (Å²) in [4.78, 5) is 12.1. The van der Waals surface area contributed by atoms with Gasteiger partial charge in [0.25, 0.3) is 0 Å². The number of benzene rings is 1. The molecule has 1 aromatic rings. The minimum atomic E-state index is -0.474. The van der Waals surface area contributed by atoms with Crippen LogP contribution in [-0.4, -0.2) is 23.7 Å². The minimum absolute atomic E-state index is 0.0309. The van der Waals surface area contributed by atoms with Gasteiger partial charge in [-0.25, -0.2) is 0 Å². The van der Waals surface area contributed by atoms with Crippen molar-refractivity contribution in [1.82, 2.24) is 5.32 Å². The van der Waals surface area contributed by atoms with E-state index in [0.717, 1.165) is 18.4 Å². The third-order valence-corrected chi connectivity index (χ3v) is 4.07. The highest BCUT2D eigenvalue weighted by Gasteiger charge is 2.18. The van der Waals surface area contributed by atoms with E-state index in [0.29, 0.717) is 6.54 Å². The molecule has 0 saturated carbocycles. The molecule has 2 N–H and O–H groups in total. The van der Waals surface area contributed by atoms with Gasteiger partial charge in [-0.15, -0.1) is 0 Å². The van der Waals surface area contributed by atoms with Crippen LogP contribution in [0.5, 0.6) is 0 Å². The van der Waals surface area contributed by atoms with Gasteiger partial charge in [0.1, 0.15) is 0 Å². The van der Waals surface area contributed by atoms with Crippen molar-refractivity contribution in [1.29, 1.82) is 0 Å². The van der Waals surface area contributed by atoms with Gasteiger partial charge < -0.3 is 10.4 Å². The summed E-state index contributed by atoms with van der Waals surface area (Å²) in [6.45, 7) is 8.36. The molecule has 0 fully saturated rings. The van der Waals surface area contributed by atoms with Crippen molar-refractivity contribution in [2.75, 3.05) is 6.54 Å². The van der Waals surface area contributed by atoms with Gasteiger partial charge in [0, 0.05) is 6.54 Å². The molecular weight excluding hydrogens is 250 g/mol. The lowest BCUT2D eigenvalue weighted by atomic mass is 9.98. The Hall–Kier alpha value is -1.35. The molecule has 3 unspecified atom stereocenters. The average molecular weight is 277 g/mol. The Morgan fingerprint density at radius 2 is 1.80 bits per heavy atom. The molecule has 0 heterocycles. The molecule has 0 aliphatic carbocycles. The van der Waals surface area contributed by atoms with Crippen LogP contribution in [0.25, 0.3) is 0 Å². The van der Waals surface area contributed by atoms with Crippen molar-refractivity contribution in [2.24, 2.45) is 5.92 Å². The second-order valence-electron chi connectivity index (χ2n) is 5.51. The van der Waals surface area contributed by atoms with E-state index in [9.17, 15) is 9.90 Å². The fourth-order valence-electron chi connectivity index (χ4n) is 2.02. The van der Waals surface area contributed by atoms with Crippen LogP contribution in [0.3, 0.4) is 0 Å². The van der Waals surface area contributed by atoms with Crippen LogP contribution >= 0.6 is 0 Å². The average Bonchev–Trinajstić information content (AvgIpc) is 2.50. The number of aryl methyl sites for hydroxylation is 1. The van der Waals surface area contributed by atoms with Crippen LogP contribution < -0.4 is 5.32 Å². The summed E-state index contributed by atoms with van der Waals surface area (Å²) in [5, 5.41) is 12.7. The summed E-state index contributed by atoms with van der Waals surface area (Å²) in [6, 6.07) is 8.14. The highest BCUT2D eigenvalue weighted by molar-refractivity contribution is 5.83. The Bertz CT molecular complexity index is 414. The maximum absolute atomic E-state index is 12.1. The zero-order valence-corrected chi connectivity index (χ0v) is 13.0. The number of carbonyl (C=O) groups excluding carboxylic acids is 1. The molecule has 3 atom stereocenters. The first-order valence-corrected chi connectivity index (χ1v) is 7.54. The number of carbonyl (C=O) groups is 1. The van der Waals surface area contributed by atoms with Crippen LogP contribution in [0, 0.1) is 5.92 Å². The first-order valence-electron chi connectivity index (χ1n) is 7.54. The van der Waals surface area contributed by atoms with E-state index in [2.05, 4.69) is 24.4 Å². The van der Waals surface area contributed by atoms with Gasteiger partial charge >= 0.3 is 0 Å². The lowest BCUT2D eigenvalue weighted by molar-refractivity contribution is -0.122. The number of amides is 1. The first-order chi connectivity index (χ1) is 9.49. The van der Waals surface area contributed by atoms with E-state index in [1.165, 1.54) is 5.56 Å². The zero-order valence-electron chi connectivity index (χ0n) is 13.0. The number of hydrogen-bond acceptors (Lipinski definition) is 2. The Morgan fingerprint density at radius 3 is 2.30 bits per heavy atom. The van der Waals surface area contributed by atoms with Gasteiger partial charge in [-0.05, 0) is 30.4 Å². The third-order valence-electron chi connectivity index (χ3n) is 4.07. The molecule has 0 radical (unpaired) electrons. The van der Waals surface area contributed by atoms with E-state index < -0.39 is 6.10 Å². The number of aliphatic hydroxyl groups is 1. The monoisotopic (exact) mass is 277 g/mol. The van der Waals surface area contributed by atoms with Crippen molar-refractivity contribution >= 4 is 5.91 Å². The largest absolute Gasteiger partial charge is 0.391 e. The van der Waals surface area contributed by atoms with Crippen molar-refractivity contribution in [3.05, 3.63) is 35.4 Å². The van der Waals surface area contributed by atoms with E-state index in [-0.39, 0.29) is 17.7 Å². The minimum Gasteiger partial charge on any atom is -0.391 e. The maximum atomic E-state index is 12.1. The summed E-state index contributed by atoms with van der Waals surface area (Å²) in [6.07, 6.45) is 1.44. The lowest BCUT2D eigenvalue weighted by Gasteiger charge is -2.19. The van der Waals surface area contributed by atoms with Crippen molar-refractivity contribution in [3.63, 3.8) is 0 Å². The summed E-state index contributed by atoms with van der Waals surface area (Å²) in [5.41, 5.74) is 2.28. The molecule has 112 valence electrons. The number of rotatable bonds is 7. The first kappa shape index (κ1) is 16.7. The standard InChI is InChI=1S/C17H27NO2/c1-5-12(3)16(19)11-18-17(20)13(4)15-9-7-14(6-2)8-10-15/h7-10,12-13,16,19H,5-6,11H2,1-4H3,(H,18,20). The Balaban J connectivity index is 2.53. The second kappa shape index (κ2) is 8.05. The van der Waals surface area contributed by atoms with Gasteiger partial charge in [-0.2, -0.15) is 0 Å². The summed E-state index contributed by atoms with van der Waals surface area (Å²) in [5.74, 6) is -0.0175. The van der Waals surface area contributed by atoms with E-state index in [1.807, 2.05) is 32.9 Å². The molecule has 1 amide bonds.